The first kappa shape index (κ1) is 26.4. The van der Waals surface area contributed by atoms with Gasteiger partial charge >= 0.3 is 0 Å². The van der Waals surface area contributed by atoms with E-state index in [0.717, 1.165) is 19.3 Å². The summed E-state index contributed by atoms with van der Waals surface area (Å²) in [6.07, 6.45) is 2.68. The van der Waals surface area contributed by atoms with Gasteiger partial charge in [0.05, 0.1) is 22.3 Å². The number of unbranched alkanes of at least 4 members (excludes halogenated alkanes) is 1. The largest absolute Gasteiger partial charge is 0.492 e. The molecule has 0 heterocycles. The first-order valence-electron chi connectivity index (χ1n) is 11.4. The van der Waals surface area contributed by atoms with E-state index in [0.29, 0.717) is 40.2 Å². The molecule has 0 spiro atoms. The minimum Gasteiger partial charge on any atom is -0.492 e. The average Bonchev–Trinajstić information content (AvgIpc) is 2.86. The number of nitrogens with one attached hydrogen (secondary N) is 3. The Bertz CT molecular complexity index is 1170. The van der Waals surface area contributed by atoms with Crippen LogP contribution in [-0.2, 0) is 6.42 Å². The van der Waals surface area contributed by atoms with E-state index in [4.69, 9.17) is 17.0 Å². The molecule has 0 aliphatic carbocycles. The molecule has 3 rings (SSSR count). The van der Waals surface area contributed by atoms with E-state index >= 15 is 0 Å². The minimum atomic E-state index is -0.371. The maximum atomic E-state index is 12.7. The quantitative estimate of drug-likeness (QED) is 0.221. The minimum absolute atomic E-state index is 0.100. The van der Waals surface area contributed by atoms with E-state index in [-0.39, 0.29) is 16.9 Å². The third-order valence-corrected chi connectivity index (χ3v) is 5.97. The van der Waals surface area contributed by atoms with E-state index in [1.807, 2.05) is 18.2 Å². The normalized spacial score (nSPS) is 10.3. The zero-order chi connectivity index (χ0) is 25.0. The van der Waals surface area contributed by atoms with Crippen molar-refractivity contribution in [3.63, 3.8) is 0 Å². The highest BCUT2D eigenvalue weighted by molar-refractivity contribution is 9.10. The summed E-state index contributed by atoms with van der Waals surface area (Å²) in [4.78, 5) is 25.2. The predicted molar refractivity (Wildman–Crippen MR) is 147 cm³/mol. The fourth-order valence-electron chi connectivity index (χ4n) is 3.28. The molecule has 3 aromatic carbocycles. The average molecular weight is 555 g/mol. The second kappa shape index (κ2) is 13.6. The molecular weight excluding hydrogens is 526 g/mol. The van der Waals surface area contributed by atoms with Gasteiger partial charge in [-0.2, -0.15) is 0 Å². The summed E-state index contributed by atoms with van der Waals surface area (Å²) >= 11 is 8.79. The Morgan fingerprint density at radius 3 is 2.46 bits per heavy atom. The van der Waals surface area contributed by atoms with Crippen molar-refractivity contribution < 1.29 is 14.3 Å². The molecule has 6 nitrogen and oxygen atoms in total. The molecule has 3 aromatic rings. The number of ether oxygens (including phenoxy) is 1. The second-order valence-electron chi connectivity index (χ2n) is 7.79. The summed E-state index contributed by atoms with van der Waals surface area (Å²) in [7, 11) is 0. The molecule has 2 amide bonds. The van der Waals surface area contributed by atoms with Crippen LogP contribution in [0.1, 0.15) is 46.0 Å². The van der Waals surface area contributed by atoms with Gasteiger partial charge in [-0.15, -0.1) is 0 Å². The number of carbonyl (C=O) groups is 2. The van der Waals surface area contributed by atoms with E-state index in [2.05, 4.69) is 50.9 Å². The van der Waals surface area contributed by atoms with Crippen LogP contribution < -0.4 is 20.7 Å². The van der Waals surface area contributed by atoms with Gasteiger partial charge < -0.3 is 15.4 Å². The fraction of sp³-hybridized carbons (Fsp3) is 0.222. The van der Waals surface area contributed by atoms with Gasteiger partial charge in [0, 0.05) is 18.5 Å². The first-order chi connectivity index (χ1) is 17.0. The summed E-state index contributed by atoms with van der Waals surface area (Å²) in [6, 6.07) is 22.2. The highest BCUT2D eigenvalue weighted by Crippen LogP contribution is 2.26. The van der Waals surface area contributed by atoms with Gasteiger partial charge in [-0.05, 0) is 70.5 Å². The van der Waals surface area contributed by atoms with Crippen molar-refractivity contribution in [3.8, 4) is 5.75 Å². The maximum Gasteiger partial charge on any atom is 0.257 e. The number of hydrogen-bond acceptors (Lipinski definition) is 4. The molecule has 0 saturated heterocycles. The lowest BCUT2D eigenvalue weighted by atomic mass is 10.1. The van der Waals surface area contributed by atoms with Crippen molar-refractivity contribution in [2.45, 2.75) is 26.2 Å². The van der Waals surface area contributed by atoms with Gasteiger partial charge in [0.2, 0.25) is 0 Å². The summed E-state index contributed by atoms with van der Waals surface area (Å²) in [5.41, 5.74) is 2.60. The number of thiocarbonyl (C=S) groups is 1. The van der Waals surface area contributed by atoms with Gasteiger partial charge in [0.25, 0.3) is 11.8 Å². The Balaban J connectivity index is 1.55. The highest BCUT2D eigenvalue weighted by Gasteiger charge is 2.14. The molecule has 8 heteroatoms. The zero-order valence-electron chi connectivity index (χ0n) is 19.5. The smallest absolute Gasteiger partial charge is 0.257 e. The van der Waals surface area contributed by atoms with Crippen LogP contribution in [0.4, 0.5) is 5.69 Å². The monoisotopic (exact) mass is 553 g/mol. The van der Waals surface area contributed by atoms with Gasteiger partial charge in [0.15, 0.2) is 5.11 Å². The molecule has 0 aromatic heterocycles. The molecule has 3 N–H and O–H groups in total. The number of carbonyl (C=O) groups excluding carboxylic acids is 2. The van der Waals surface area contributed by atoms with Crippen molar-refractivity contribution in [2.24, 2.45) is 0 Å². The zero-order valence-corrected chi connectivity index (χ0v) is 21.9. The van der Waals surface area contributed by atoms with E-state index in [1.165, 1.54) is 5.56 Å². The fourth-order valence-corrected chi connectivity index (χ4v) is 3.97. The number of anilines is 1. The van der Waals surface area contributed by atoms with Crippen molar-refractivity contribution >= 4 is 50.8 Å². The van der Waals surface area contributed by atoms with Gasteiger partial charge in [-0.3, -0.25) is 14.9 Å². The van der Waals surface area contributed by atoms with Crippen LogP contribution in [0.5, 0.6) is 5.75 Å². The van der Waals surface area contributed by atoms with Crippen LogP contribution in [-0.4, -0.2) is 30.1 Å². The van der Waals surface area contributed by atoms with Crippen molar-refractivity contribution in [3.05, 3.63) is 94.0 Å². The SMILES string of the molecule is CCCCNC(=O)c1ccccc1NC(=S)NC(=O)c1ccc(OCCc2ccccc2)c(Br)c1. The van der Waals surface area contributed by atoms with Gasteiger partial charge in [-0.25, -0.2) is 0 Å². The number of hydrogen-bond donors (Lipinski definition) is 3. The summed E-state index contributed by atoms with van der Waals surface area (Å²) in [5.74, 6) is 0.0903. The summed E-state index contributed by atoms with van der Waals surface area (Å²) < 4.78 is 6.52. The third kappa shape index (κ3) is 8.19. The van der Waals surface area contributed by atoms with Crippen molar-refractivity contribution in [2.75, 3.05) is 18.5 Å². The maximum absolute atomic E-state index is 12.7. The number of halogens is 1. The van der Waals surface area contributed by atoms with E-state index in [9.17, 15) is 9.59 Å². The van der Waals surface area contributed by atoms with Crippen LogP contribution in [0.15, 0.2) is 77.3 Å². The van der Waals surface area contributed by atoms with E-state index < -0.39 is 0 Å². The Hall–Kier alpha value is -3.23. The Morgan fingerprint density at radius 2 is 1.71 bits per heavy atom. The highest BCUT2D eigenvalue weighted by atomic mass is 79.9. The van der Waals surface area contributed by atoms with Crippen LogP contribution in [0.2, 0.25) is 0 Å². The molecule has 0 aliphatic heterocycles. The van der Waals surface area contributed by atoms with E-state index in [1.54, 1.807) is 42.5 Å². The second-order valence-corrected chi connectivity index (χ2v) is 9.06. The van der Waals surface area contributed by atoms with Crippen molar-refractivity contribution in [1.29, 1.82) is 0 Å². The first-order valence-corrected chi connectivity index (χ1v) is 12.6. The van der Waals surface area contributed by atoms with Crippen LogP contribution in [0, 0.1) is 0 Å². The lowest BCUT2D eigenvalue weighted by Crippen LogP contribution is -2.35. The molecule has 35 heavy (non-hydrogen) atoms. The number of amides is 2. The molecule has 0 unspecified atom stereocenters. The van der Waals surface area contributed by atoms with Crippen molar-refractivity contribution in [1.82, 2.24) is 10.6 Å². The molecule has 182 valence electrons. The topological polar surface area (TPSA) is 79.5 Å². The number of benzene rings is 3. The molecule has 0 atom stereocenters. The van der Waals surface area contributed by atoms with Crippen LogP contribution >= 0.6 is 28.1 Å². The molecular formula is C27H28BrN3O3S. The molecule has 0 radical (unpaired) electrons. The molecule has 0 fully saturated rings. The molecule has 0 saturated carbocycles. The molecule has 0 bridgehead atoms. The van der Waals surface area contributed by atoms with Crippen LogP contribution in [0.25, 0.3) is 0 Å². The summed E-state index contributed by atoms with van der Waals surface area (Å²) in [5, 5.41) is 8.61. The lowest BCUT2D eigenvalue weighted by molar-refractivity contribution is 0.0952. The number of para-hydroxylation sites is 1. The Labute approximate surface area is 219 Å². The molecule has 0 aliphatic rings. The number of rotatable bonds is 10. The van der Waals surface area contributed by atoms with Gasteiger partial charge in [-0.1, -0.05) is 55.8 Å². The van der Waals surface area contributed by atoms with Crippen LogP contribution in [0.3, 0.4) is 0 Å². The lowest BCUT2D eigenvalue weighted by Gasteiger charge is -2.14. The predicted octanol–water partition coefficient (Wildman–Crippen LogP) is 5.73. The Morgan fingerprint density at radius 1 is 0.971 bits per heavy atom. The standard InChI is InChI=1S/C27H28BrN3O3S/c1-2-3-16-29-26(33)21-11-7-8-12-23(21)30-27(35)31-25(32)20-13-14-24(22(28)18-20)34-17-15-19-9-5-4-6-10-19/h4-14,18H,2-3,15-17H2,1H3,(H,29,33)(H2,30,31,32,35). The third-order valence-electron chi connectivity index (χ3n) is 5.15. The Kier molecular flexibility index (Phi) is 10.3. The van der Waals surface area contributed by atoms with Gasteiger partial charge in [0.1, 0.15) is 5.75 Å². The summed E-state index contributed by atoms with van der Waals surface area (Å²) in [6.45, 7) is 3.19.